The Kier molecular flexibility index (Phi) is 7.59. The lowest BCUT2D eigenvalue weighted by molar-refractivity contribution is -0.146. The summed E-state index contributed by atoms with van der Waals surface area (Å²) < 4.78 is 4.85. The van der Waals surface area contributed by atoms with E-state index in [1.54, 1.807) is 0 Å². The molecule has 2 saturated heterocycles. The van der Waals surface area contributed by atoms with E-state index in [0.717, 1.165) is 50.4 Å². The Bertz CT molecular complexity index is 448. The van der Waals surface area contributed by atoms with E-state index in [1.165, 1.54) is 39.5 Å². The van der Waals surface area contributed by atoms with E-state index in [1.807, 2.05) is 7.05 Å². The maximum absolute atomic E-state index is 11.6. The second-order valence-electron chi connectivity index (χ2n) is 7.09. The van der Waals surface area contributed by atoms with Gasteiger partial charge in [-0.05, 0) is 44.6 Å². The lowest BCUT2D eigenvalue weighted by Gasteiger charge is -2.33. The van der Waals surface area contributed by atoms with Crippen molar-refractivity contribution in [2.24, 2.45) is 16.8 Å². The smallest absolute Gasteiger partial charge is 0.308 e. The number of halogens is 1. The number of nitrogens with zero attached hydrogens (tertiary/aromatic N) is 3. The maximum atomic E-state index is 11.6. The molecule has 1 N–H and O–H groups in total. The zero-order valence-corrected chi connectivity index (χ0v) is 17.2. The van der Waals surface area contributed by atoms with Crippen LogP contribution in [0.1, 0.15) is 32.1 Å². The predicted octanol–water partition coefficient (Wildman–Crippen LogP) is 1.55. The van der Waals surface area contributed by atoms with Crippen molar-refractivity contribution in [3.63, 3.8) is 0 Å². The van der Waals surface area contributed by atoms with Crippen LogP contribution in [0.5, 0.6) is 0 Å². The molecule has 24 heavy (non-hydrogen) atoms. The number of carbonyl (C=O) groups excluding carboxylic acids is 1. The van der Waals surface area contributed by atoms with Crippen LogP contribution >= 0.6 is 24.0 Å². The van der Waals surface area contributed by atoms with Crippen LogP contribution in [0.25, 0.3) is 0 Å². The number of hydrogen-bond donors (Lipinski definition) is 1. The Balaban J connectivity index is 0.00000208. The fourth-order valence-corrected chi connectivity index (χ4v) is 3.86. The molecule has 3 rings (SSSR count). The van der Waals surface area contributed by atoms with Gasteiger partial charge in [0.2, 0.25) is 0 Å². The third-order valence-electron chi connectivity index (χ3n) is 5.47. The van der Waals surface area contributed by atoms with Gasteiger partial charge in [-0.3, -0.25) is 9.79 Å². The highest BCUT2D eigenvalue weighted by Crippen LogP contribution is 2.31. The van der Waals surface area contributed by atoms with Crippen LogP contribution in [0, 0.1) is 11.8 Å². The molecule has 6 nitrogen and oxygen atoms in total. The van der Waals surface area contributed by atoms with Gasteiger partial charge in [0, 0.05) is 39.3 Å². The summed E-state index contributed by atoms with van der Waals surface area (Å²) in [6, 6.07) is 0.886. The highest BCUT2D eigenvalue weighted by Gasteiger charge is 2.34. The number of guanidine groups is 1. The molecule has 0 amide bonds. The SMILES string of the molecule is CN=C(NCC1CCN(C2CC2)C1)N1CCC(C(=O)OC)CC1.I. The van der Waals surface area contributed by atoms with Crippen molar-refractivity contribution in [2.75, 3.05) is 46.9 Å². The average Bonchev–Trinajstić information content (AvgIpc) is 3.34. The highest BCUT2D eigenvalue weighted by atomic mass is 127. The zero-order chi connectivity index (χ0) is 16.2. The van der Waals surface area contributed by atoms with Gasteiger partial charge in [0.05, 0.1) is 13.0 Å². The first-order valence-corrected chi connectivity index (χ1v) is 8.98. The molecular weight excluding hydrogens is 419 g/mol. The highest BCUT2D eigenvalue weighted by molar-refractivity contribution is 14.0. The third kappa shape index (κ3) is 4.97. The van der Waals surface area contributed by atoms with Gasteiger partial charge in [0.25, 0.3) is 0 Å². The number of rotatable bonds is 4. The fourth-order valence-electron chi connectivity index (χ4n) is 3.86. The Hall–Kier alpha value is -0.570. The summed E-state index contributed by atoms with van der Waals surface area (Å²) in [6.07, 6.45) is 5.80. The lowest BCUT2D eigenvalue weighted by atomic mass is 9.97. The third-order valence-corrected chi connectivity index (χ3v) is 5.47. The molecule has 3 fully saturated rings. The largest absolute Gasteiger partial charge is 0.469 e. The molecule has 0 aromatic carbocycles. The van der Waals surface area contributed by atoms with E-state index >= 15 is 0 Å². The number of aliphatic imine (C=N–C) groups is 1. The summed E-state index contributed by atoms with van der Waals surface area (Å²) in [5.74, 6) is 1.70. The molecular formula is C17H31IN4O2. The van der Waals surface area contributed by atoms with Crippen molar-refractivity contribution >= 4 is 35.9 Å². The quantitative estimate of drug-likeness (QED) is 0.305. The molecule has 1 saturated carbocycles. The van der Waals surface area contributed by atoms with Crippen LogP contribution < -0.4 is 5.32 Å². The van der Waals surface area contributed by atoms with Crippen molar-refractivity contribution in [3.05, 3.63) is 0 Å². The van der Waals surface area contributed by atoms with Crippen LogP contribution in [0.2, 0.25) is 0 Å². The van der Waals surface area contributed by atoms with E-state index in [4.69, 9.17) is 4.74 Å². The monoisotopic (exact) mass is 450 g/mol. The molecule has 1 atom stereocenters. The molecule has 0 radical (unpaired) electrons. The number of nitrogens with one attached hydrogen (secondary N) is 1. The standard InChI is InChI=1S/C17H30N4O2.HI/c1-18-17(20-9-6-14(7-10-20)16(22)23-2)19-11-13-5-8-21(12-13)15-3-4-15;/h13-15H,3-12H2,1-2H3,(H,18,19);1H. The van der Waals surface area contributed by atoms with Crippen molar-refractivity contribution in [2.45, 2.75) is 38.1 Å². The summed E-state index contributed by atoms with van der Waals surface area (Å²) in [5, 5.41) is 3.55. The van der Waals surface area contributed by atoms with E-state index in [9.17, 15) is 4.79 Å². The molecule has 138 valence electrons. The van der Waals surface area contributed by atoms with Crippen LogP contribution in [0.4, 0.5) is 0 Å². The minimum atomic E-state index is -0.0706. The lowest BCUT2D eigenvalue weighted by Crippen LogP contribution is -2.47. The van der Waals surface area contributed by atoms with Crippen LogP contribution in [-0.4, -0.2) is 74.7 Å². The predicted molar refractivity (Wildman–Crippen MR) is 106 cm³/mol. The average molecular weight is 450 g/mol. The van der Waals surface area contributed by atoms with Crippen LogP contribution in [-0.2, 0) is 9.53 Å². The number of esters is 1. The molecule has 0 aromatic rings. The molecule has 1 unspecified atom stereocenters. The summed E-state index contributed by atoms with van der Waals surface area (Å²) in [4.78, 5) is 21.0. The summed E-state index contributed by atoms with van der Waals surface area (Å²) in [5.41, 5.74) is 0. The minimum Gasteiger partial charge on any atom is -0.469 e. The van der Waals surface area contributed by atoms with Gasteiger partial charge in [0.15, 0.2) is 5.96 Å². The summed E-state index contributed by atoms with van der Waals surface area (Å²) >= 11 is 0. The van der Waals surface area contributed by atoms with Crippen molar-refractivity contribution in [1.82, 2.24) is 15.1 Å². The van der Waals surface area contributed by atoms with E-state index in [2.05, 4.69) is 20.1 Å². The number of ether oxygens (including phenoxy) is 1. The van der Waals surface area contributed by atoms with Gasteiger partial charge in [-0.2, -0.15) is 0 Å². The second kappa shape index (κ2) is 9.22. The van der Waals surface area contributed by atoms with Gasteiger partial charge in [-0.1, -0.05) is 0 Å². The number of likely N-dealkylation sites (tertiary alicyclic amines) is 2. The topological polar surface area (TPSA) is 57.2 Å². The van der Waals surface area contributed by atoms with E-state index < -0.39 is 0 Å². The van der Waals surface area contributed by atoms with Crippen LogP contribution in [0.3, 0.4) is 0 Å². The first-order chi connectivity index (χ1) is 11.2. The van der Waals surface area contributed by atoms with E-state index in [0.29, 0.717) is 0 Å². The fraction of sp³-hybridized carbons (Fsp3) is 0.882. The maximum Gasteiger partial charge on any atom is 0.308 e. The zero-order valence-electron chi connectivity index (χ0n) is 14.9. The Morgan fingerprint density at radius 2 is 1.88 bits per heavy atom. The van der Waals surface area contributed by atoms with Gasteiger partial charge in [-0.25, -0.2) is 0 Å². The molecule has 3 aliphatic rings. The molecule has 2 aliphatic heterocycles. The van der Waals surface area contributed by atoms with Crippen molar-refractivity contribution in [3.8, 4) is 0 Å². The molecule has 0 aromatic heterocycles. The van der Waals surface area contributed by atoms with Crippen molar-refractivity contribution < 1.29 is 9.53 Å². The van der Waals surface area contributed by atoms with Gasteiger partial charge < -0.3 is 19.9 Å². The molecule has 0 bridgehead atoms. The summed E-state index contributed by atoms with van der Waals surface area (Å²) in [7, 11) is 3.32. The first-order valence-electron chi connectivity index (χ1n) is 8.98. The Morgan fingerprint density at radius 3 is 2.46 bits per heavy atom. The van der Waals surface area contributed by atoms with Gasteiger partial charge in [-0.15, -0.1) is 24.0 Å². The second-order valence-corrected chi connectivity index (χ2v) is 7.09. The Morgan fingerprint density at radius 1 is 1.17 bits per heavy atom. The molecule has 2 heterocycles. The number of carbonyl (C=O) groups is 1. The number of hydrogen-bond acceptors (Lipinski definition) is 4. The molecule has 1 aliphatic carbocycles. The van der Waals surface area contributed by atoms with Gasteiger partial charge in [0.1, 0.15) is 0 Å². The number of methoxy groups -OCH3 is 1. The molecule has 7 heteroatoms. The molecule has 0 spiro atoms. The first kappa shape index (κ1) is 19.8. The van der Waals surface area contributed by atoms with E-state index in [-0.39, 0.29) is 35.9 Å². The number of piperidine rings is 1. The van der Waals surface area contributed by atoms with Crippen LogP contribution in [0.15, 0.2) is 4.99 Å². The van der Waals surface area contributed by atoms with Gasteiger partial charge >= 0.3 is 5.97 Å². The van der Waals surface area contributed by atoms with Crippen molar-refractivity contribution in [1.29, 1.82) is 0 Å². The Labute approximate surface area is 162 Å². The summed E-state index contributed by atoms with van der Waals surface area (Å²) in [6.45, 7) is 5.25. The normalized spacial score (nSPS) is 26.2. The minimum absolute atomic E-state index is 0.